The number of carbonyl (C=O) groups is 2. The topological polar surface area (TPSA) is 210 Å². The lowest BCUT2D eigenvalue weighted by Gasteiger charge is -2.41. The summed E-state index contributed by atoms with van der Waals surface area (Å²) in [4.78, 5) is 36.3. The van der Waals surface area contributed by atoms with E-state index < -0.39 is 82.0 Å². The summed E-state index contributed by atoms with van der Waals surface area (Å²) in [5, 5.41) is 50.3. The minimum absolute atomic E-state index is 0.211. The maximum absolute atomic E-state index is 13.1. The van der Waals surface area contributed by atoms with Gasteiger partial charge in [0.2, 0.25) is 0 Å². The van der Waals surface area contributed by atoms with E-state index in [1.54, 1.807) is 0 Å². The standard InChI is InChI=1S/C40H75O13P/c1-3-5-7-9-11-13-15-16-17-19-20-22-24-26-28-33(41)50-30-32(52-34(42)29-27-25-23-21-18-14-12-10-8-6-4-2)31-51-54(48,49)53-40-38(46)36(44)35(43)37(45)39(40)47/h10,12,32,35-40,43-47H,3-9,11,13-31H2,1-2H3,(H,48,49)/b12-10-/t32-,35?,36-,37?,38?,39?,40?/m1/s1/i30D2,31D2,32D. The van der Waals surface area contributed by atoms with Gasteiger partial charge in [-0.15, -0.1) is 0 Å². The zero-order valence-corrected chi connectivity index (χ0v) is 33.7. The number of aliphatic hydroxyl groups excluding tert-OH is 5. The Morgan fingerprint density at radius 3 is 1.52 bits per heavy atom. The summed E-state index contributed by atoms with van der Waals surface area (Å²) in [6, 6.07) is 0. The quantitative estimate of drug-likeness (QED) is 0.0166. The predicted molar refractivity (Wildman–Crippen MR) is 207 cm³/mol. The fourth-order valence-corrected chi connectivity index (χ4v) is 6.86. The molecule has 0 saturated heterocycles. The van der Waals surface area contributed by atoms with E-state index in [0.29, 0.717) is 12.8 Å². The molecule has 0 amide bonds. The van der Waals surface area contributed by atoms with Gasteiger partial charge in [-0.05, 0) is 32.1 Å². The van der Waals surface area contributed by atoms with Crippen molar-refractivity contribution in [2.45, 2.75) is 217 Å². The van der Waals surface area contributed by atoms with Crippen molar-refractivity contribution >= 4 is 19.8 Å². The maximum atomic E-state index is 13.1. The first-order valence-electron chi connectivity index (χ1n) is 23.0. The van der Waals surface area contributed by atoms with Crippen molar-refractivity contribution in [1.82, 2.24) is 0 Å². The average Bonchev–Trinajstić information content (AvgIpc) is 3.16. The van der Waals surface area contributed by atoms with E-state index in [-0.39, 0.29) is 19.3 Å². The molecule has 0 aromatic heterocycles. The largest absolute Gasteiger partial charge is 0.472 e. The Kier molecular flexibility index (Phi) is 24.7. The van der Waals surface area contributed by atoms with Crippen LogP contribution in [-0.4, -0.2) is 98.2 Å². The molecular formula is C40H75O13P. The molecule has 0 aromatic carbocycles. The van der Waals surface area contributed by atoms with Crippen molar-refractivity contribution in [3.05, 3.63) is 12.2 Å². The molecule has 0 aliphatic heterocycles. The Morgan fingerprint density at radius 1 is 0.611 bits per heavy atom. The van der Waals surface area contributed by atoms with Crippen molar-refractivity contribution in [3.63, 3.8) is 0 Å². The third-order valence-corrected chi connectivity index (χ3v) is 10.3. The van der Waals surface area contributed by atoms with Gasteiger partial charge in [0, 0.05) is 12.8 Å². The summed E-state index contributed by atoms with van der Waals surface area (Å²) in [6.07, 6.45) is 8.34. The van der Waals surface area contributed by atoms with Gasteiger partial charge in [-0.2, -0.15) is 0 Å². The Balaban J connectivity index is 2.90. The van der Waals surface area contributed by atoms with Gasteiger partial charge in [0.1, 0.15) is 43.2 Å². The normalized spacial score (nSPS) is 25.8. The first-order chi connectivity index (χ1) is 27.8. The average molecular weight is 800 g/mol. The lowest BCUT2D eigenvalue weighted by atomic mass is 9.85. The van der Waals surface area contributed by atoms with Crippen LogP contribution in [-0.2, 0) is 32.7 Å². The summed E-state index contributed by atoms with van der Waals surface area (Å²) in [5.41, 5.74) is 0. The molecule has 6 unspecified atom stereocenters. The van der Waals surface area contributed by atoms with E-state index in [2.05, 4.69) is 35.0 Å². The SMILES string of the molecule is [2H]C([2H])(OC(=O)CCCCCCCCCCCCCCCC)[C@@]([2H])(OC(=O)CCCCCCC/C=C\CCCC)C([2H])([2H])OP(=O)(O)OC1C(O)C(O)C(O)[C@@H](O)C1O. The van der Waals surface area contributed by atoms with E-state index in [1.165, 1.54) is 51.4 Å². The first-order valence-corrected chi connectivity index (χ1v) is 22.0. The molecule has 13 nitrogen and oxygen atoms in total. The van der Waals surface area contributed by atoms with Crippen LogP contribution in [0, 0.1) is 0 Å². The fourth-order valence-electron chi connectivity index (χ4n) is 6.06. The summed E-state index contributed by atoms with van der Waals surface area (Å²) in [7, 11) is -5.99. The highest BCUT2D eigenvalue weighted by Crippen LogP contribution is 2.47. The van der Waals surface area contributed by atoms with Crippen LogP contribution in [0.1, 0.15) is 181 Å². The van der Waals surface area contributed by atoms with Crippen molar-refractivity contribution < 1.29 is 70.0 Å². The molecule has 1 fully saturated rings. The van der Waals surface area contributed by atoms with E-state index in [1.807, 2.05) is 0 Å². The van der Waals surface area contributed by atoms with Gasteiger partial charge in [-0.3, -0.25) is 18.6 Å². The van der Waals surface area contributed by atoms with E-state index in [0.717, 1.165) is 70.6 Å². The molecular weight excluding hydrogens is 719 g/mol. The molecule has 54 heavy (non-hydrogen) atoms. The van der Waals surface area contributed by atoms with Crippen molar-refractivity contribution in [1.29, 1.82) is 0 Å². The molecule has 6 N–H and O–H groups in total. The van der Waals surface area contributed by atoms with Crippen LogP contribution in [0.25, 0.3) is 0 Å². The smallest absolute Gasteiger partial charge is 0.462 e. The van der Waals surface area contributed by atoms with Crippen LogP contribution < -0.4 is 0 Å². The second-order valence-electron chi connectivity index (χ2n) is 14.3. The molecule has 0 bridgehead atoms. The number of hydrogen-bond acceptors (Lipinski definition) is 12. The Labute approximate surface area is 331 Å². The lowest BCUT2D eigenvalue weighted by molar-refractivity contribution is -0.220. The zero-order chi connectivity index (χ0) is 44.5. The zero-order valence-electron chi connectivity index (χ0n) is 37.8. The third kappa shape index (κ3) is 24.3. The summed E-state index contributed by atoms with van der Waals surface area (Å²) >= 11 is 0. The molecule has 14 heteroatoms. The second-order valence-corrected chi connectivity index (χ2v) is 15.7. The van der Waals surface area contributed by atoms with E-state index in [9.17, 15) is 44.6 Å². The van der Waals surface area contributed by atoms with Crippen molar-refractivity contribution in [2.24, 2.45) is 0 Å². The molecule has 0 aromatic rings. The molecule has 0 spiro atoms. The Morgan fingerprint density at radius 2 is 1.02 bits per heavy atom. The van der Waals surface area contributed by atoms with Gasteiger partial charge in [-0.1, -0.05) is 142 Å². The molecule has 1 aliphatic carbocycles. The van der Waals surface area contributed by atoms with Crippen LogP contribution in [0.3, 0.4) is 0 Å². The molecule has 8 atom stereocenters. The number of ether oxygens (including phenoxy) is 2. The van der Waals surface area contributed by atoms with E-state index >= 15 is 0 Å². The number of rotatable bonds is 34. The fraction of sp³-hybridized carbons (Fsp3) is 0.900. The number of hydrogen-bond donors (Lipinski definition) is 6. The second kappa shape index (κ2) is 31.6. The number of phosphoric ester groups is 1. The third-order valence-electron chi connectivity index (χ3n) is 9.43. The van der Waals surface area contributed by atoms with Crippen LogP contribution >= 0.6 is 7.82 Å². The molecule has 0 radical (unpaired) electrons. The summed E-state index contributed by atoms with van der Waals surface area (Å²) < 4.78 is 74.6. The monoisotopic (exact) mass is 800 g/mol. The van der Waals surface area contributed by atoms with Gasteiger partial charge in [0.05, 0.1) is 13.4 Å². The highest BCUT2D eigenvalue weighted by atomic mass is 31.2. The van der Waals surface area contributed by atoms with E-state index in [4.69, 9.17) is 16.3 Å². The van der Waals surface area contributed by atoms with Gasteiger partial charge < -0.3 is 39.9 Å². The highest BCUT2D eigenvalue weighted by Gasteiger charge is 2.51. The number of aliphatic hydroxyl groups is 5. The van der Waals surface area contributed by atoms with Gasteiger partial charge >= 0.3 is 19.8 Å². The summed E-state index contributed by atoms with van der Waals surface area (Å²) in [6.45, 7) is -3.65. The number of carbonyl (C=O) groups excluding carboxylic acids is 2. The number of phosphoric acid groups is 1. The minimum atomic E-state index is -5.99. The molecule has 1 rings (SSSR count). The number of allylic oxidation sites excluding steroid dienone is 2. The Bertz CT molecular complexity index is 1230. The van der Waals surface area contributed by atoms with Crippen molar-refractivity contribution in [2.75, 3.05) is 13.1 Å². The Hall–Kier alpha value is -1.41. The minimum Gasteiger partial charge on any atom is -0.462 e. The number of esters is 2. The summed E-state index contributed by atoms with van der Waals surface area (Å²) in [5.74, 6) is -2.50. The van der Waals surface area contributed by atoms with Gasteiger partial charge in [0.15, 0.2) is 6.08 Å². The molecule has 318 valence electrons. The highest BCUT2D eigenvalue weighted by molar-refractivity contribution is 7.47. The lowest BCUT2D eigenvalue weighted by Crippen LogP contribution is -2.64. The first kappa shape index (κ1) is 42.2. The number of unbranched alkanes of at least 4 members (excludes halogenated alkanes) is 20. The van der Waals surface area contributed by atoms with Crippen LogP contribution in [0.15, 0.2) is 12.2 Å². The molecule has 1 aliphatic rings. The van der Waals surface area contributed by atoms with Gasteiger partial charge in [-0.25, -0.2) is 4.57 Å². The van der Waals surface area contributed by atoms with Crippen LogP contribution in [0.2, 0.25) is 0 Å². The van der Waals surface area contributed by atoms with Gasteiger partial charge in [0.25, 0.3) is 0 Å². The predicted octanol–water partition coefficient (Wildman–Crippen LogP) is 7.11. The van der Waals surface area contributed by atoms with Crippen LogP contribution in [0.5, 0.6) is 0 Å². The molecule has 0 heterocycles. The van der Waals surface area contributed by atoms with Crippen LogP contribution in [0.4, 0.5) is 0 Å². The van der Waals surface area contributed by atoms with Crippen molar-refractivity contribution in [3.8, 4) is 0 Å². The maximum Gasteiger partial charge on any atom is 0.472 e. The molecule has 1 saturated carbocycles.